The van der Waals surface area contributed by atoms with Crippen LogP contribution in [0.4, 0.5) is 14.9 Å². The molecule has 0 aliphatic rings. The standard InChI is InChI=1S/C13H13FN4O3/c14-10-8-9(12(19)20)2-3-11(10)17-13(21)15-5-7-18-6-1-4-16-18/h1-4,6,8H,5,7H2,(H,19,20)(H2,15,17,21). The molecule has 3 N–H and O–H groups in total. The van der Waals surface area contributed by atoms with Gasteiger partial charge >= 0.3 is 12.0 Å². The molecule has 0 atom stereocenters. The molecular weight excluding hydrogens is 279 g/mol. The maximum absolute atomic E-state index is 13.6. The Morgan fingerprint density at radius 2 is 2.19 bits per heavy atom. The number of nitrogens with one attached hydrogen (secondary N) is 2. The molecule has 110 valence electrons. The molecule has 0 saturated heterocycles. The van der Waals surface area contributed by atoms with Gasteiger partial charge in [-0.1, -0.05) is 0 Å². The van der Waals surface area contributed by atoms with Crippen molar-refractivity contribution in [2.24, 2.45) is 0 Å². The van der Waals surface area contributed by atoms with E-state index in [-0.39, 0.29) is 11.3 Å². The number of benzene rings is 1. The third-order valence-corrected chi connectivity index (χ3v) is 2.65. The van der Waals surface area contributed by atoms with Crippen LogP contribution in [0.2, 0.25) is 0 Å². The molecule has 0 unspecified atom stereocenters. The number of amides is 2. The SMILES string of the molecule is O=C(NCCn1cccn1)Nc1ccc(C(=O)O)cc1F. The average Bonchev–Trinajstić information content (AvgIpc) is 2.94. The van der Waals surface area contributed by atoms with Gasteiger partial charge in [-0.25, -0.2) is 14.0 Å². The molecule has 1 aromatic carbocycles. The van der Waals surface area contributed by atoms with Crippen LogP contribution >= 0.6 is 0 Å². The lowest BCUT2D eigenvalue weighted by atomic mass is 10.2. The van der Waals surface area contributed by atoms with Crippen molar-refractivity contribution in [2.75, 3.05) is 11.9 Å². The quantitative estimate of drug-likeness (QED) is 0.779. The highest BCUT2D eigenvalue weighted by molar-refractivity contribution is 5.91. The number of rotatable bonds is 5. The van der Waals surface area contributed by atoms with Gasteiger partial charge in [-0.15, -0.1) is 0 Å². The zero-order chi connectivity index (χ0) is 15.2. The van der Waals surface area contributed by atoms with Gasteiger partial charge in [0.15, 0.2) is 0 Å². The number of aromatic carboxylic acids is 1. The summed E-state index contributed by atoms with van der Waals surface area (Å²) < 4.78 is 15.2. The van der Waals surface area contributed by atoms with Crippen molar-refractivity contribution < 1.29 is 19.1 Å². The topological polar surface area (TPSA) is 96.3 Å². The Labute approximate surface area is 119 Å². The number of carboxylic acid groups (broad SMARTS) is 1. The van der Waals surface area contributed by atoms with Crippen LogP contribution in [-0.4, -0.2) is 33.4 Å². The van der Waals surface area contributed by atoms with E-state index in [0.29, 0.717) is 13.1 Å². The van der Waals surface area contributed by atoms with Gasteiger partial charge in [-0.3, -0.25) is 4.68 Å². The summed E-state index contributed by atoms with van der Waals surface area (Å²) in [5.41, 5.74) is -0.270. The minimum Gasteiger partial charge on any atom is -0.478 e. The second-order valence-corrected chi connectivity index (χ2v) is 4.15. The second kappa shape index (κ2) is 6.51. The van der Waals surface area contributed by atoms with Crippen molar-refractivity contribution in [2.45, 2.75) is 6.54 Å². The van der Waals surface area contributed by atoms with E-state index in [9.17, 15) is 14.0 Å². The molecule has 0 radical (unpaired) electrons. The predicted octanol–water partition coefficient (Wildman–Crippen LogP) is 1.54. The number of aromatic nitrogens is 2. The van der Waals surface area contributed by atoms with Crippen LogP contribution < -0.4 is 10.6 Å². The molecule has 0 fully saturated rings. The number of carbonyl (C=O) groups is 2. The fourth-order valence-corrected chi connectivity index (χ4v) is 1.63. The van der Waals surface area contributed by atoms with Gasteiger partial charge in [0.05, 0.1) is 17.8 Å². The molecule has 1 aromatic heterocycles. The van der Waals surface area contributed by atoms with Crippen LogP contribution in [0.15, 0.2) is 36.7 Å². The number of hydrogen-bond donors (Lipinski definition) is 3. The van der Waals surface area contributed by atoms with Crippen LogP contribution in [0.25, 0.3) is 0 Å². The van der Waals surface area contributed by atoms with Gasteiger partial charge in [0, 0.05) is 18.9 Å². The van der Waals surface area contributed by atoms with Gasteiger partial charge in [0.1, 0.15) is 5.82 Å². The number of halogens is 1. The Balaban J connectivity index is 1.86. The van der Waals surface area contributed by atoms with Crippen LogP contribution in [0.3, 0.4) is 0 Å². The molecular formula is C13H13FN4O3. The summed E-state index contributed by atoms with van der Waals surface area (Å²) in [5, 5.41) is 17.5. The predicted molar refractivity (Wildman–Crippen MR) is 72.6 cm³/mol. The number of carbonyl (C=O) groups excluding carboxylic acids is 1. The monoisotopic (exact) mass is 292 g/mol. The molecule has 0 spiro atoms. The van der Waals surface area contributed by atoms with Crippen LogP contribution in [0, 0.1) is 5.82 Å². The molecule has 1 heterocycles. The van der Waals surface area contributed by atoms with Gasteiger partial charge in [0.25, 0.3) is 0 Å². The van der Waals surface area contributed by atoms with Crippen molar-refractivity contribution >= 4 is 17.7 Å². The van der Waals surface area contributed by atoms with E-state index >= 15 is 0 Å². The molecule has 8 heteroatoms. The number of anilines is 1. The summed E-state index contributed by atoms with van der Waals surface area (Å²) in [6.07, 6.45) is 3.38. The fourth-order valence-electron chi connectivity index (χ4n) is 1.63. The minimum atomic E-state index is -1.23. The molecule has 21 heavy (non-hydrogen) atoms. The van der Waals surface area contributed by atoms with Crippen molar-refractivity contribution in [3.05, 3.63) is 48.0 Å². The maximum atomic E-state index is 13.6. The Morgan fingerprint density at radius 3 is 2.81 bits per heavy atom. The highest BCUT2D eigenvalue weighted by Gasteiger charge is 2.10. The molecule has 0 bridgehead atoms. The molecule has 0 saturated carbocycles. The van der Waals surface area contributed by atoms with Crippen LogP contribution in [0.1, 0.15) is 10.4 Å². The summed E-state index contributed by atoms with van der Waals surface area (Å²) in [6, 6.07) is 4.45. The lowest BCUT2D eigenvalue weighted by molar-refractivity contribution is 0.0696. The summed E-state index contributed by atoms with van der Waals surface area (Å²) in [6.45, 7) is 0.809. The summed E-state index contributed by atoms with van der Waals surface area (Å²) in [5.74, 6) is -2.04. The molecule has 0 aliphatic carbocycles. The minimum absolute atomic E-state index is 0.0865. The largest absolute Gasteiger partial charge is 0.478 e. The zero-order valence-electron chi connectivity index (χ0n) is 10.9. The summed E-state index contributed by atoms with van der Waals surface area (Å²) >= 11 is 0. The van der Waals surface area contributed by atoms with E-state index < -0.39 is 17.8 Å². The zero-order valence-corrected chi connectivity index (χ0v) is 10.9. The van der Waals surface area contributed by atoms with Gasteiger partial charge in [0.2, 0.25) is 0 Å². The van der Waals surface area contributed by atoms with Crippen molar-refractivity contribution in [3.63, 3.8) is 0 Å². The van der Waals surface area contributed by atoms with E-state index in [4.69, 9.17) is 5.11 Å². The average molecular weight is 292 g/mol. The Kier molecular flexibility index (Phi) is 4.50. The van der Waals surface area contributed by atoms with E-state index in [1.54, 1.807) is 23.1 Å². The Morgan fingerprint density at radius 1 is 1.38 bits per heavy atom. The number of carboxylic acids is 1. The van der Waals surface area contributed by atoms with Crippen LogP contribution in [0.5, 0.6) is 0 Å². The molecule has 2 aromatic rings. The molecule has 2 rings (SSSR count). The van der Waals surface area contributed by atoms with Crippen molar-refractivity contribution in [3.8, 4) is 0 Å². The van der Waals surface area contributed by atoms with E-state index in [1.165, 1.54) is 12.1 Å². The van der Waals surface area contributed by atoms with Gasteiger partial charge in [-0.05, 0) is 24.3 Å². The highest BCUT2D eigenvalue weighted by Crippen LogP contribution is 2.15. The normalized spacial score (nSPS) is 10.1. The lowest BCUT2D eigenvalue weighted by Gasteiger charge is -2.09. The Bertz CT molecular complexity index is 643. The highest BCUT2D eigenvalue weighted by atomic mass is 19.1. The van der Waals surface area contributed by atoms with E-state index in [0.717, 1.165) is 6.07 Å². The first-order valence-electron chi connectivity index (χ1n) is 6.11. The maximum Gasteiger partial charge on any atom is 0.335 e. The van der Waals surface area contributed by atoms with Crippen LogP contribution in [-0.2, 0) is 6.54 Å². The molecule has 0 aliphatic heterocycles. The first-order valence-corrected chi connectivity index (χ1v) is 6.11. The second-order valence-electron chi connectivity index (χ2n) is 4.15. The third kappa shape index (κ3) is 4.03. The van der Waals surface area contributed by atoms with Gasteiger partial charge < -0.3 is 15.7 Å². The first kappa shape index (κ1) is 14.5. The van der Waals surface area contributed by atoms with E-state index in [1.807, 2.05) is 0 Å². The summed E-state index contributed by atoms with van der Waals surface area (Å²) in [4.78, 5) is 22.2. The molecule has 7 nitrogen and oxygen atoms in total. The Hall–Kier alpha value is -2.90. The number of nitrogens with zero attached hydrogens (tertiary/aromatic N) is 2. The smallest absolute Gasteiger partial charge is 0.335 e. The lowest BCUT2D eigenvalue weighted by Crippen LogP contribution is -2.31. The fraction of sp³-hybridized carbons (Fsp3) is 0.154. The first-order chi connectivity index (χ1) is 10.1. The van der Waals surface area contributed by atoms with Crippen molar-refractivity contribution in [1.29, 1.82) is 0 Å². The molecule has 2 amide bonds. The summed E-state index contributed by atoms with van der Waals surface area (Å²) in [7, 11) is 0. The van der Waals surface area contributed by atoms with Crippen molar-refractivity contribution in [1.82, 2.24) is 15.1 Å². The van der Waals surface area contributed by atoms with E-state index in [2.05, 4.69) is 15.7 Å². The van der Waals surface area contributed by atoms with Gasteiger partial charge in [-0.2, -0.15) is 5.10 Å². The number of urea groups is 1. The third-order valence-electron chi connectivity index (χ3n) is 2.65. The number of hydrogen-bond acceptors (Lipinski definition) is 3.